The van der Waals surface area contributed by atoms with Crippen LogP contribution in [0.25, 0.3) is 0 Å². The predicted molar refractivity (Wildman–Crippen MR) is 84.0 cm³/mol. The maximum Gasteiger partial charge on any atom is 0.260 e. The van der Waals surface area contributed by atoms with Crippen molar-refractivity contribution in [3.8, 4) is 5.75 Å². The molecule has 6 heteroatoms. The Labute approximate surface area is 134 Å². The molecule has 20 heavy (non-hydrogen) atoms. The molecule has 0 bridgehead atoms. The van der Waals surface area contributed by atoms with Crippen molar-refractivity contribution in [2.45, 2.75) is 33.3 Å². The number of nitrogens with one attached hydrogen (secondary N) is 1. The van der Waals surface area contributed by atoms with Crippen LogP contribution in [-0.4, -0.2) is 18.6 Å². The van der Waals surface area contributed by atoms with E-state index in [1.54, 1.807) is 6.92 Å². The van der Waals surface area contributed by atoms with E-state index in [-0.39, 0.29) is 5.91 Å². The molecule has 1 unspecified atom stereocenters. The first-order chi connectivity index (χ1) is 9.31. The summed E-state index contributed by atoms with van der Waals surface area (Å²) in [5, 5.41) is 3.81. The predicted octanol–water partition coefficient (Wildman–Crippen LogP) is 4.58. The summed E-state index contributed by atoms with van der Waals surface area (Å²) < 4.78 is 5.51. The van der Waals surface area contributed by atoms with Gasteiger partial charge in [0.2, 0.25) is 0 Å². The van der Waals surface area contributed by atoms with Gasteiger partial charge in [-0.25, -0.2) is 0 Å². The molecule has 0 spiro atoms. The van der Waals surface area contributed by atoms with Crippen LogP contribution in [0.5, 0.6) is 5.75 Å². The Kier molecular flexibility index (Phi) is 6.93. The molecule has 0 aromatic heterocycles. The van der Waals surface area contributed by atoms with Crippen LogP contribution in [0.4, 0.5) is 0 Å². The van der Waals surface area contributed by atoms with Crippen LogP contribution < -0.4 is 10.1 Å². The van der Waals surface area contributed by atoms with Crippen LogP contribution in [0.2, 0.25) is 15.1 Å². The third-order valence-corrected chi connectivity index (χ3v) is 3.69. The van der Waals surface area contributed by atoms with Crippen molar-refractivity contribution in [1.29, 1.82) is 0 Å². The van der Waals surface area contributed by atoms with Crippen molar-refractivity contribution in [3.05, 3.63) is 27.2 Å². The molecule has 0 aliphatic heterocycles. The van der Waals surface area contributed by atoms with Gasteiger partial charge in [-0.3, -0.25) is 4.79 Å². The first-order valence-electron chi connectivity index (χ1n) is 6.40. The molecule has 1 atom stereocenters. The van der Waals surface area contributed by atoms with E-state index < -0.39 is 6.10 Å². The Hall–Kier alpha value is -0.640. The summed E-state index contributed by atoms with van der Waals surface area (Å²) in [6, 6.07) is 2.99. The molecule has 0 heterocycles. The highest BCUT2D eigenvalue weighted by molar-refractivity contribution is 6.43. The highest BCUT2D eigenvalue weighted by Crippen LogP contribution is 2.34. The van der Waals surface area contributed by atoms with Crippen molar-refractivity contribution < 1.29 is 9.53 Å². The molecule has 0 radical (unpaired) electrons. The van der Waals surface area contributed by atoms with Crippen LogP contribution in [0.3, 0.4) is 0 Å². The van der Waals surface area contributed by atoms with Crippen molar-refractivity contribution >= 4 is 40.7 Å². The fourth-order valence-electron chi connectivity index (χ4n) is 1.47. The lowest BCUT2D eigenvalue weighted by Gasteiger charge is -2.16. The molecule has 112 valence electrons. The van der Waals surface area contributed by atoms with Gasteiger partial charge in [0, 0.05) is 12.6 Å². The normalized spacial score (nSPS) is 12.3. The van der Waals surface area contributed by atoms with Gasteiger partial charge in [0.1, 0.15) is 5.75 Å². The topological polar surface area (TPSA) is 38.3 Å². The van der Waals surface area contributed by atoms with E-state index in [1.165, 1.54) is 12.1 Å². The van der Waals surface area contributed by atoms with Gasteiger partial charge in [0.15, 0.2) is 6.10 Å². The zero-order chi connectivity index (χ0) is 15.3. The molecule has 0 aliphatic carbocycles. The smallest absolute Gasteiger partial charge is 0.260 e. The standard InChI is InChI=1S/C14H18Cl3NO2/c1-8(2)4-5-18-14(19)9(3)20-13-7-11(16)10(15)6-12(13)17/h6-9H,4-5H2,1-3H3,(H,18,19). The van der Waals surface area contributed by atoms with Crippen molar-refractivity contribution in [3.63, 3.8) is 0 Å². The second-order valence-corrected chi connectivity index (χ2v) is 6.15. The Balaban J connectivity index is 2.59. The lowest BCUT2D eigenvalue weighted by Crippen LogP contribution is -2.37. The van der Waals surface area contributed by atoms with E-state index in [9.17, 15) is 4.79 Å². The molecular weight excluding hydrogens is 321 g/mol. The van der Waals surface area contributed by atoms with Gasteiger partial charge in [-0.2, -0.15) is 0 Å². The average Bonchev–Trinajstić information content (AvgIpc) is 2.35. The lowest BCUT2D eigenvalue weighted by atomic mass is 10.1. The molecule has 1 aromatic rings. The van der Waals surface area contributed by atoms with E-state index in [4.69, 9.17) is 39.5 Å². The monoisotopic (exact) mass is 337 g/mol. The Morgan fingerprint density at radius 3 is 2.35 bits per heavy atom. The number of carbonyl (C=O) groups excluding carboxylic acids is 1. The average molecular weight is 339 g/mol. The van der Waals surface area contributed by atoms with Gasteiger partial charge in [-0.1, -0.05) is 48.7 Å². The molecule has 1 rings (SSSR count). The van der Waals surface area contributed by atoms with Crippen molar-refractivity contribution in [2.24, 2.45) is 5.92 Å². The van der Waals surface area contributed by atoms with Crippen molar-refractivity contribution in [2.75, 3.05) is 6.54 Å². The summed E-state index contributed by atoms with van der Waals surface area (Å²) in [6.07, 6.45) is 0.267. The van der Waals surface area contributed by atoms with E-state index in [2.05, 4.69) is 19.2 Å². The summed E-state index contributed by atoms with van der Waals surface area (Å²) in [5.74, 6) is 0.691. The van der Waals surface area contributed by atoms with Gasteiger partial charge in [-0.15, -0.1) is 0 Å². The summed E-state index contributed by atoms with van der Waals surface area (Å²) in [4.78, 5) is 11.9. The quantitative estimate of drug-likeness (QED) is 0.771. The van der Waals surface area contributed by atoms with E-state index in [0.29, 0.717) is 33.3 Å². The van der Waals surface area contributed by atoms with E-state index in [0.717, 1.165) is 6.42 Å². The number of carbonyl (C=O) groups is 1. The van der Waals surface area contributed by atoms with Crippen LogP contribution in [0.15, 0.2) is 12.1 Å². The maximum absolute atomic E-state index is 11.9. The Bertz CT molecular complexity index is 478. The molecule has 0 saturated carbocycles. The Morgan fingerprint density at radius 1 is 1.15 bits per heavy atom. The number of rotatable bonds is 6. The molecule has 0 fully saturated rings. The second-order valence-electron chi connectivity index (χ2n) is 4.93. The van der Waals surface area contributed by atoms with Crippen LogP contribution >= 0.6 is 34.8 Å². The largest absolute Gasteiger partial charge is 0.479 e. The molecule has 1 aromatic carbocycles. The van der Waals surface area contributed by atoms with E-state index in [1.807, 2.05) is 0 Å². The first kappa shape index (κ1) is 17.4. The number of halogens is 3. The summed E-state index contributed by atoms with van der Waals surface area (Å²) >= 11 is 17.7. The maximum atomic E-state index is 11.9. The lowest BCUT2D eigenvalue weighted by molar-refractivity contribution is -0.127. The molecular formula is C14H18Cl3NO2. The van der Waals surface area contributed by atoms with Crippen LogP contribution in [-0.2, 0) is 4.79 Å². The third kappa shape index (κ3) is 5.39. The fraction of sp³-hybridized carbons (Fsp3) is 0.500. The van der Waals surface area contributed by atoms with Gasteiger partial charge < -0.3 is 10.1 Å². The molecule has 1 amide bonds. The second kappa shape index (κ2) is 7.96. The number of amides is 1. The van der Waals surface area contributed by atoms with E-state index >= 15 is 0 Å². The highest BCUT2D eigenvalue weighted by Gasteiger charge is 2.17. The molecule has 1 N–H and O–H groups in total. The highest BCUT2D eigenvalue weighted by atomic mass is 35.5. The molecule has 0 aliphatic rings. The summed E-state index contributed by atoms with van der Waals surface area (Å²) in [7, 11) is 0. The molecule has 0 saturated heterocycles. The number of hydrogen-bond acceptors (Lipinski definition) is 2. The Morgan fingerprint density at radius 2 is 1.75 bits per heavy atom. The third-order valence-electron chi connectivity index (χ3n) is 2.67. The molecule has 3 nitrogen and oxygen atoms in total. The van der Waals surface area contributed by atoms with Crippen molar-refractivity contribution in [1.82, 2.24) is 5.32 Å². The van der Waals surface area contributed by atoms with Gasteiger partial charge >= 0.3 is 0 Å². The zero-order valence-corrected chi connectivity index (χ0v) is 13.9. The minimum atomic E-state index is -0.656. The number of ether oxygens (including phenoxy) is 1. The number of hydrogen-bond donors (Lipinski definition) is 1. The zero-order valence-electron chi connectivity index (χ0n) is 11.7. The van der Waals surface area contributed by atoms with Crippen LogP contribution in [0, 0.1) is 5.92 Å². The minimum absolute atomic E-state index is 0.187. The number of benzene rings is 1. The van der Waals surface area contributed by atoms with Crippen LogP contribution in [0.1, 0.15) is 27.2 Å². The SMILES string of the molecule is CC(C)CCNC(=O)C(C)Oc1cc(Cl)c(Cl)cc1Cl. The van der Waals surface area contributed by atoms with Gasteiger partial charge in [0.25, 0.3) is 5.91 Å². The first-order valence-corrected chi connectivity index (χ1v) is 7.53. The fourth-order valence-corrected chi connectivity index (χ4v) is 2.05. The summed E-state index contributed by atoms with van der Waals surface area (Å²) in [5.41, 5.74) is 0. The summed E-state index contributed by atoms with van der Waals surface area (Å²) in [6.45, 7) is 6.48. The van der Waals surface area contributed by atoms with Gasteiger partial charge in [-0.05, 0) is 25.3 Å². The van der Waals surface area contributed by atoms with Gasteiger partial charge in [0.05, 0.1) is 15.1 Å². The minimum Gasteiger partial charge on any atom is -0.479 e.